The molecular formula is C23H23F2N3O3. The molecule has 0 spiro atoms. The number of benzene rings is 2. The van der Waals surface area contributed by atoms with Gasteiger partial charge < -0.3 is 15.1 Å². The van der Waals surface area contributed by atoms with Crippen LogP contribution in [0.2, 0.25) is 0 Å². The van der Waals surface area contributed by atoms with Crippen LogP contribution in [0.25, 0.3) is 11.3 Å². The van der Waals surface area contributed by atoms with Gasteiger partial charge in [0.1, 0.15) is 11.6 Å². The van der Waals surface area contributed by atoms with Gasteiger partial charge in [0.25, 0.3) is 0 Å². The number of rotatable bonds is 8. The predicted molar refractivity (Wildman–Crippen MR) is 113 cm³/mol. The molecule has 2 aromatic carbocycles. The van der Waals surface area contributed by atoms with Gasteiger partial charge in [-0.15, -0.1) is 0 Å². The quantitative estimate of drug-likeness (QED) is 0.519. The maximum absolute atomic E-state index is 13.8. The second-order valence-electron chi connectivity index (χ2n) is 7.51. The molecule has 3 rings (SSSR count). The predicted octanol–water partition coefficient (Wildman–Crippen LogP) is 5.18. The maximum Gasteiger partial charge on any atom is 0.224 e. The number of amides is 2. The number of carbonyl (C=O) groups excluding carboxylic acids is 2. The molecule has 0 saturated carbocycles. The highest BCUT2D eigenvalue weighted by atomic mass is 19.1. The Kier molecular flexibility index (Phi) is 7.12. The largest absolute Gasteiger partial charge is 0.441 e. The lowest BCUT2D eigenvalue weighted by atomic mass is 10.1. The van der Waals surface area contributed by atoms with E-state index < -0.39 is 11.6 Å². The Morgan fingerprint density at radius 2 is 1.65 bits per heavy atom. The number of aromatic nitrogens is 1. The minimum absolute atomic E-state index is 0.0578. The number of aryl methyl sites for hydroxylation is 1. The fraction of sp³-hybridized carbons (Fsp3) is 0.261. The lowest BCUT2D eigenvalue weighted by molar-refractivity contribution is -0.117. The van der Waals surface area contributed by atoms with E-state index in [-0.39, 0.29) is 47.8 Å². The third kappa shape index (κ3) is 6.47. The summed E-state index contributed by atoms with van der Waals surface area (Å²) in [5.41, 5.74) is 1.35. The van der Waals surface area contributed by atoms with E-state index in [9.17, 15) is 18.4 Å². The van der Waals surface area contributed by atoms with E-state index >= 15 is 0 Å². The molecule has 6 nitrogen and oxygen atoms in total. The average Bonchev–Trinajstić information content (AvgIpc) is 3.16. The first-order valence-electron chi connectivity index (χ1n) is 9.90. The first kappa shape index (κ1) is 22.1. The normalized spacial score (nSPS) is 10.9. The smallest absolute Gasteiger partial charge is 0.224 e. The van der Waals surface area contributed by atoms with Crippen molar-refractivity contribution in [1.82, 2.24) is 4.98 Å². The molecule has 0 fully saturated rings. The van der Waals surface area contributed by atoms with Crippen molar-refractivity contribution in [3.05, 3.63) is 66.2 Å². The molecule has 2 N–H and O–H groups in total. The summed E-state index contributed by atoms with van der Waals surface area (Å²) in [5, 5.41) is 5.56. The van der Waals surface area contributed by atoms with Crippen molar-refractivity contribution in [2.45, 2.75) is 33.1 Å². The number of oxazole rings is 1. The van der Waals surface area contributed by atoms with E-state index in [4.69, 9.17) is 4.42 Å². The lowest BCUT2D eigenvalue weighted by Crippen LogP contribution is -2.14. The molecule has 1 heterocycles. The van der Waals surface area contributed by atoms with Gasteiger partial charge in [-0.1, -0.05) is 13.8 Å². The molecule has 0 aliphatic carbocycles. The van der Waals surface area contributed by atoms with E-state index in [2.05, 4.69) is 15.6 Å². The van der Waals surface area contributed by atoms with Gasteiger partial charge in [0.15, 0.2) is 11.7 Å². The molecule has 162 valence electrons. The van der Waals surface area contributed by atoms with Crippen molar-refractivity contribution in [2.75, 3.05) is 10.6 Å². The van der Waals surface area contributed by atoms with Crippen molar-refractivity contribution in [3.63, 3.8) is 0 Å². The number of anilines is 2. The van der Waals surface area contributed by atoms with Crippen LogP contribution < -0.4 is 10.6 Å². The van der Waals surface area contributed by atoms with E-state index in [1.54, 1.807) is 24.3 Å². The van der Waals surface area contributed by atoms with E-state index in [0.29, 0.717) is 17.8 Å². The fourth-order valence-corrected chi connectivity index (χ4v) is 2.90. The Bertz CT molecular complexity index is 1060. The van der Waals surface area contributed by atoms with Crippen LogP contribution in [0.5, 0.6) is 0 Å². The summed E-state index contributed by atoms with van der Waals surface area (Å²) < 4.78 is 32.3. The minimum atomic E-state index is -0.746. The van der Waals surface area contributed by atoms with Crippen molar-refractivity contribution >= 4 is 23.2 Å². The molecule has 1 aromatic heterocycles. The number of nitrogens with one attached hydrogen (secondary N) is 2. The Morgan fingerprint density at radius 3 is 2.26 bits per heavy atom. The zero-order valence-electron chi connectivity index (χ0n) is 17.2. The molecule has 0 bridgehead atoms. The number of hydrogen-bond donors (Lipinski definition) is 2. The van der Waals surface area contributed by atoms with Crippen LogP contribution in [0.1, 0.15) is 32.6 Å². The highest BCUT2D eigenvalue weighted by Crippen LogP contribution is 2.24. The highest BCUT2D eigenvalue weighted by Gasteiger charge is 2.13. The van der Waals surface area contributed by atoms with Gasteiger partial charge in [-0.25, -0.2) is 13.8 Å². The summed E-state index contributed by atoms with van der Waals surface area (Å²) in [4.78, 5) is 28.0. The van der Waals surface area contributed by atoms with Gasteiger partial charge in [-0.05, 0) is 42.3 Å². The average molecular weight is 427 g/mol. The van der Waals surface area contributed by atoms with Crippen LogP contribution in [0.3, 0.4) is 0 Å². The van der Waals surface area contributed by atoms with Gasteiger partial charge in [-0.2, -0.15) is 0 Å². The number of carbonyl (C=O) groups is 2. The molecule has 0 radical (unpaired) electrons. The zero-order chi connectivity index (χ0) is 22.4. The van der Waals surface area contributed by atoms with E-state index in [0.717, 1.165) is 12.1 Å². The van der Waals surface area contributed by atoms with Crippen molar-refractivity contribution in [2.24, 2.45) is 5.92 Å². The van der Waals surface area contributed by atoms with Crippen LogP contribution in [0.15, 0.2) is 53.1 Å². The summed E-state index contributed by atoms with van der Waals surface area (Å²) in [5.74, 6) is -1.01. The summed E-state index contributed by atoms with van der Waals surface area (Å²) in [6, 6.07) is 10.0. The SMILES string of the molecule is CC(C)CC(=O)Nc1ccc(NC(=O)CCc2ncc(-c3ccc(F)cc3F)o2)cc1. The summed E-state index contributed by atoms with van der Waals surface area (Å²) in [6.45, 7) is 3.94. The molecule has 3 aromatic rings. The molecule has 0 atom stereocenters. The summed E-state index contributed by atoms with van der Waals surface area (Å²) in [7, 11) is 0. The Hall–Kier alpha value is -3.55. The molecule has 0 unspecified atom stereocenters. The van der Waals surface area contributed by atoms with Crippen molar-refractivity contribution in [3.8, 4) is 11.3 Å². The first-order chi connectivity index (χ1) is 14.8. The molecule has 0 aliphatic rings. The topological polar surface area (TPSA) is 84.2 Å². The molecule has 8 heteroatoms. The summed E-state index contributed by atoms with van der Waals surface area (Å²) in [6.07, 6.45) is 2.11. The fourth-order valence-electron chi connectivity index (χ4n) is 2.90. The van der Waals surface area contributed by atoms with Crippen LogP contribution in [0, 0.1) is 17.6 Å². The van der Waals surface area contributed by atoms with Gasteiger partial charge in [0.05, 0.1) is 11.8 Å². The molecule has 0 aliphatic heterocycles. The van der Waals surface area contributed by atoms with Gasteiger partial charge in [0.2, 0.25) is 11.8 Å². The maximum atomic E-state index is 13.8. The Balaban J connectivity index is 1.50. The van der Waals surface area contributed by atoms with Crippen molar-refractivity contribution in [1.29, 1.82) is 0 Å². The highest BCUT2D eigenvalue weighted by molar-refractivity contribution is 5.93. The third-order valence-electron chi connectivity index (χ3n) is 4.36. The van der Waals surface area contributed by atoms with Crippen LogP contribution >= 0.6 is 0 Å². The second kappa shape index (κ2) is 9.97. The van der Waals surface area contributed by atoms with Crippen LogP contribution in [0.4, 0.5) is 20.2 Å². The van der Waals surface area contributed by atoms with Crippen LogP contribution in [-0.4, -0.2) is 16.8 Å². The summed E-state index contributed by atoms with van der Waals surface area (Å²) >= 11 is 0. The Morgan fingerprint density at radius 1 is 1.00 bits per heavy atom. The van der Waals surface area contributed by atoms with Gasteiger partial charge in [0, 0.05) is 36.7 Å². The molecule has 2 amide bonds. The molecular weight excluding hydrogens is 404 g/mol. The lowest BCUT2D eigenvalue weighted by Gasteiger charge is -2.09. The van der Waals surface area contributed by atoms with E-state index in [1.165, 1.54) is 12.3 Å². The first-order valence-corrected chi connectivity index (χ1v) is 9.90. The Labute approximate surface area is 178 Å². The molecule has 0 saturated heterocycles. The third-order valence-corrected chi connectivity index (χ3v) is 4.36. The monoisotopic (exact) mass is 427 g/mol. The number of halogens is 2. The zero-order valence-corrected chi connectivity index (χ0v) is 17.2. The van der Waals surface area contributed by atoms with Crippen LogP contribution in [-0.2, 0) is 16.0 Å². The second-order valence-corrected chi connectivity index (χ2v) is 7.51. The van der Waals surface area contributed by atoms with Gasteiger partial charge >= 0.3 is 0 Å². The minimum Gasteiger partial charge on any atom is -0.441 e. The van der Waals surface area contributed by atoms with Gasteiger partial charge in [-0.3, -0.25) is 9.59 Å². The van der Waals surface area contributed by atoms with E-state index in [1.807, 2.05) is 13.8 Å². The molecule has 31 heavy (non-hydrogen) atoms. The van der Waals surface area contributed by atoms with Crippen molar-refractivity contribution < 1.29 is 22.8 Å². The number of nitrogens with zero attached hydrogens (tertiary/aromatic N) is 1. The number of hydrogen-bond acceptors (Lipinski definition) is 4. The standard InChI is InChI=1S/C23H23F2N3O3/c1-14(2)11-22(30)28-17-6-4-16(5-7-17)27-21(29)9-10-23-26-13-20(31-23)18-8-3-15(24)12-19(18)25/h3-8,12-14H,9-11H2,1-2H3,(H,27,29)(H,28,30).